The maximum atomic E-state index is 6.22. The molecule has 0 aliphatic carbocycles. The Labute approximate surface area is 112 Å². The van der Waals surface area contributed by atoms with Crippen LogP contribution in [0.2, 0.25) is 0 Å². The summed E-state index contributed by atoms with van der Waals surface area (Å²) in [6.07, 6.45) is 1.75. The number of hydrogen-bond donors (Lipinski definition) is 1. The molecule has 1 aromatic carbocycles. The first kappa shape index (κ1) is 13.7. The Morgan fingerprint density at radius 3 is 2.89 bits per heavy atom. The van der Waals surface area contributed by atoms with Crippen LogP contribution in [0.3, 0.4) is 0 Å². The molecule has 5 nitrogen and oxygen atoms in total. The van der Waals surface area contributed by atoms with Crippen molar-refractivity contribution in [2.24, 2.45) is 5.73 Å². The van der Waals surface area contributed by atoms with Crippen LogP contribution in [0, 0.1) is 0 Å². The van der Waals surface area contributed by atoms with Crippen molar-refractivity contribution < 1.29 is 9.26 Å². The predicted molar refractivity (Wildman–Crippen MR) is 71.5 cm³/mol. The van der Waals surface area contributed by atoms with Crippen LogP contribution in [0.1, 0.15) is 42.2 Å². The molecule has 0 radical (unpaired) electrons. The van der Waals surface area contributed by atoms with E-state index >= 15 is 0 Å². The Hall–Kier alpha value is -1.72. The molecule has 2 N–H and O–H groups in total. The Morgan fingerprint density at radius 2 is 2.16 bits per heavy atom. The van der Waals surface area contributed by atoms with Crippen LogP contribution in [-0.4, -0.2) is 17.3 Å². The third-order valence-electron chi connectivity index (χ3n) is 2.92. The number of benzene rings is 1. The van der Waals surface area contributed by atoms with Crippen LogP contribution < -0.4 is 5.73 Å². The topological polar surface area (TPSA) is 74.2 Å². The van der Waals surface area contributed by atoms with E-state index in [0.717, 1.165) is 24.0 Å². The molecule has 1 unspecified atom stereocenters. The molecule has 2 aromatic rings. The van der Waals surface area contributed by atoms with Crippen LogP contribution in [0.5, 0.6) is 0 Å². The van der Waals surface area contributed by atoms with Crippen molar-refractivity contribution in [3.8, 4) is 0 Å². The third-order valence-corrected chi connectivity index (χ3v) is 2.92. The second-order valence-electron chi connectivity index (χ2n) is 4.41. The summed E-state index contributed by atoms with van der Waals surface area (Å²) in [4.78, 5) is 4.33. The second-order valence-corrected chi connectivity index (χ2v) is 4.41. The van der Waals surface area contributed by atoms with Gasteiger partial charge in [0.05, 0.1) is 12.6 Å². The molecule has 0 fully saturated rings. The van der Waals surface area contributed by atoms with Gasteiger partial charge >= 0.3 is 0 Å². The van der Waals surface area contributed by atoms with Gasteiger partial charge in [-0.3, -0.25) is 0 Å². The summed E-state index contributed by atoms with van der Waals surface area (Å²) < 4.78 is 10.4. The highest BCUT2D eigenvalue weighted by Gasteiger charge is 2.18. The minimum Gasteiger partial charge on any atom is -0.380 e. The minimum atomic E-state index is -0.388. The van der Waals surface area contributed by atoms with Crippen molar-refractivity contribution >= 4 is 0 Å². The predicted octanol–water partition coefficient (Wildman–Crippen LogP) is 2.22. The number of aryl methyl sites for hydroxylation is 1. The van der Waals surface area contributed by atoms with Gasteiger partial charge in [-0.1, -0.05) is 36.3 Å². The number of hydrogen-bond acceptors (Lipinski definition) is 5. The fourth-order valence-corrected chi connectivity index (χ4v) is 1.97. The average molecular weight is 261 g/mol. The summed E-state index contributed by atoms with van der Waals surface area (Å²) >= 11 is 0. The van der Waals surface area contributed by atoms with Gasteiger partial charge in [0, 0.05) is 13.5 Å². The largest absolute Gasteiger partial charge is 0.380 e. The number of methoxy groups -OCH3 is 1. The quantitative estimate of drug-likeness (QED) is 0.863. The van der Waals surface area contributed by atoms with Crippen molar-refractivity contribution in [2.45, 2.75) is 32.4 Å². The Balaban J connectivity index is 2.24. The molecule has 0 amide bonds. The summed E-state index contributed by atoms with van der Waals surface area (Å²) in [6, 6.07) is 7.48. The van der Waals surface area contributed by atoms with Crippen LogP contribution in [0.15, 0.2) is 28.8 Å². The number of nitrogens with two attached hydrogens (primary N) is 1. The van der Waals surface area contributed by atoms with Gasteiger partial charge in [0.2, 0.25) is 5.89 Å². The first-order valence-corrected chi connectivity index (χ1v) is 6.41. The highest BCUT2D eigenvalue weighted by atomic mass is 16.5. The molecule has 0 aliphatic rings. The van der Waals surface area contributed by atoms with Crippen molar-refractivity contribution in [1.29, 1.82) is 0 Å². The lowest BCUT2D eigenvalue weighted by Gasteiger charge is -2.12. The van der Waals surface area contributed by atoms with Crippen molar-refractivity contribution in [2.75, 3.05) is 7.11 Å². The first-order valence-electron chi connectivity index (χ1n) is 6.41. The molecule has 1 heterocycles. The van der Waals surface area contributed by atoms with Gasteiger partial charge in [-0.05, 0) is 17.5 Å². The van der Waals surface area contributed by atoms with Crippen LogP contribution in [0.4, 0.5) is 0 Å². The molecule has 5 heteroatoms. The monoisotopic (exact) mass is 261 g/mol. The second kappa shape index (κ2) is 6.45. The van der Waals surface area contributed by atoms with Gasteiger partial charge in [0.15, 0.2) is 5.82 Å². The Morgan fingerprint density at radius 1 is 1.37 bits per heavy atom. The molecule has 0 aliphatic heterocycles. The van der Waals surface area contributed by atoms with Gasteiger partial charge in [0.1, 0.15) is 0 Å². The summed E-state index contributed by atoms with van der Waals surface area (Å²) in [7, 11) is 1.66. The molecule has 0 saturated heterocycles. The van der Waals surface area contributed by atoms with E-state index in [1.807, 2.05) is 24.3 Å². The highest BCUT2D eigenvalue weighted by molar-refractivity contribution is 5.32. The average Bonchev–Trinajstić information content (AvgIpc) is 2.88. The summed E-state index contributed by atoms with van der Waals surface area (Å²) in [5.41, 5.74) is 8.22. The number of nitrogens with zero attached hydrogens (tertiary/aromatic N) is 2. The van der Waals surface area contributed by atoms with Gasteiger partial charge in [-0.25, -0.2) is 0 Å². The van der Waals surface area contributed by atoms with Gasteiger partial charge in [-0.2, -0.15) is 4.98 Å². The van der Waals surface area contributed by atoms with Crippen LogP contribution in [0.25, 0.3) is 0 Å². The normalized spacial score (nSPS) is 12.6. The standard InChI is InChI=1S/C14H19N3O2/c1-3-6-12-16-14(17-19-12)13(15)11-8-5-4-7-10(11)9-18-2/h4-5,7-8,13H,3,6,9,15H2,1-2H3. The maximum absolute atomic E-state index is 6.22. The minimum absolute atomic E-state index is 0.388. The Kier molecular flexibility index (Phi) is 4.65. The fraction of sp³-hybridized carbons (Fsp3) is 0.429. The molecule has 19 heavy (non-hydrogen) atoms. The smallest absolute Gasteiger partial charge is 0.226 e. The summed E-state index contributed by atoms with van der Waals surface area (Å²) in [6.45, 7) is 2.58. The lowest BCUT2D eigenvalue weighted by atomic mass is 10.0. The summed E-state index contributed by atoms with van der Waals surface area (Å²) in [5, 5.41) is 3.96. The van der Waals surface area contributed by atoms with Gasteiger partial charge in [0.25, 0.3) is 0 Å². The maximum Gasteiger partial charge on any atom is 0.226 e. The zero-order valence-corrected chi connectivity index (χ0v) is 11.3. The highest BCUT2D eigenvalue weighted by Crippen LogP contribution is 2.21. The van der Waals surface area contributed by atoms with E-state index in [1.165, 1.54) is 0 Å². The van der Waals surface area contributed by atoms with Crippen LogP contribution >= 0.6 is 0 Å². The molecule has 1 atom stereocenters. The summed E-state index contributed by atoms with van der Waals surface area (Å²) in [5.74, 6) is 1.16. The number of ether oxygens (including phenoxy) is 1. The molecule has 0 saturated carbocycles. The zero-order valence-electron chi connectivity index (χ0n) is 11.3. The lowest BCUT2D eigenvalue weighted by Crippen LogP contribution is -2.16. The van der Waals surface area contributed by atoms with E-state index in [0.29, 0.717) is 18.3 Å². The first-order chi connectivity index (χ1) is 9.26. The molecule has 2 rings (SSSR count). The van der Waals surface area contributed by atoms with Crippen molar-refractivity contribution in [3.63, 3.8) is 0 Å². The van der Waals surface area contributed by atoms with E-state index in [9.17, 15) is 0 Å². The van der Waals surface area contributed by atoms with E-state index < -0.39 is 0 Å². The Bertz CT molecular complexity index is 525. The molecular formula is C14H19N3O2. The SMILES string of the molecule is CCCc1nc(C(N)c2ccccc2COC)no1. The van der Waals surface area contributed by atoms with E-state index in [1.54, 1.807) is 7.11 Å². The van der Waals surface area contributed by atoms with Crippen molar-refractivity contribution in [3.05, 3.63) is 47.1 Å². The lowest BCUT2D eigenvalue weighted by molar-refractivity contribution is 0.184. The van der Waals surface area contributed by atoms with Crippen LogP contribution in [-0.2, 0) is 17.8 Å². The van der Waals surface area contributed by atoms with E-state index in [4.69, 9.17) is 15.0 Å². The molecule has 0 bridgehead atoms. The van der Waals surface area contributed by atoms with Gasteiger partial charge in [-0.15, -0.1) is 0 Å². The molecule has 1 aromatic heterocycles. The fourth-order valence-electron chi connectivity index (χ4n) is 1.97. The van der Waals surface area contributed by atoms with Gasteiger partial charge < -0.3 is 15.0 Å². The zero-order chi connectivity index (χ0) is 13.7. The molecule has 0 spiro atoms. The van der Waals surface area contributed by atoms with Crippen molar-refractivity contribution in [1.82, 2.24) is 10.1 Å². The number of aromatic nitrogens is 2. The third kappa shape index (κ3) is 3.19. The molecule has 102 valence electrons. The molecular weight excluding hydrogens is 242 g/mol. The number of rotatable bonds is 6. The van der Waals surface area contributed by atoms with E-state index in [2.05, 4.69) is 17.1 Å². The van der Waals surface area contributed by atoms with E-state index in [-0.39, 0.29) is 6.04 Å².